The first-order valence-electron chi connectivity index (χ1n) is 11.1. The van der Waals surface area contributed by atoms with Gasteiger partial charge < -0.3 is 24.4 Å². The smallest absolute Gasteiger partial charge is 0.254 e. The number of benzene rings is 2. The minimum atomic E-state index is -0.251. The van der Waals surface area contributed by atoms with Gasteiger partial charge in [0.25, 0.3) is 5.91 Å². The van der Waals surface area contributed by atoms with Crippen LogP contribution in [-0.4, -0.2) is 81.7 Å². The Morgan fingerprint density at radius 1 is 0.909 bits per heavy atom. The first-order chi connectivity index (χ1) is 16.0. The average Bonchev–Trinajstić information content (AvgIpc) is 2.87. The predicted molar refractivity (Wildman–Crippen MR) is 126 cm³/mol. The van der Waals surface area contributed by atoms with Gasteiger partial charge in [0, 0.05) is 38.3 Å². The Morgan fingerprint density at radius 3 is 2.18 bits per heavy atom. The zero-order valence-electron chi connectivity index (χ0n) is 19.8. The van der Waals surface area contributed by atoms with Gasteiger partial charge in [0.05, 0.1) is 27.4 Å². The number of hydrogen-bond donors (Lipinski definition) is 1. The van der Waals surface area contributed by atoms with Crippen LogP contribution in [0.25, 0.3) is 0 Å². The van der Waals surface area contributed by atoms with E-state index in [0.717, 1.165) is 17.7 Å². The van der Waals surface area contributed by atoms with E-state index in [-0.39, 0.29) is 17.9 Å². The lowest BCUT2D eigenvalue weighted by Crippen LogP contribution is -2.55. The molecule has 1 aliphatic rings. The Hall–Kier alpha value is -3.26. The van der Waals surface area contributed by atoms with E-state index in [9.17, 15) is 9.59 Å². The van der Waals surface area contributed by atoms with E-state index in [4.69, 9.17) is 14.2 Å². The van der Waals surface area contributed by atoms with Crippen LogP contribution in [0.5, 0.6) is 17.2 Å². The highest BCUT2D eigenvalue weighted by Gasteiger charge is 2.28. The molecule has 33 heavy (non-hydrogen) atoms. The van der Waals surface area contributed by atoms with E-state index < -0.39 is 0 Å². The molecule has 1 aliphatic heterocycles. The van der Waals surface area contributed by atoms with Crippen molar-refractivity contribution >= 4 is 11.8 Å². The van der Waals surface area contributed by atoms with Crippen molar-refractivity contribution in [1.29, 1.82) is 0 Å². The number of piperazine rings is 1. The number of nitrogens with zero attached hydrogens (tertiary/aromatic N) is 2. The molecule has 0 aliphatic carbocycles. The largest absolute Gasteiger partial charge is 0.497 e. The monoisotopic (exact) mass is 455 g/mol. The maximum atomic E-state index is 12.9. The second kappa shape index (κ2) is 11.6. The first kappa shape index (κ1) is 24.4. The second-order valence-corrected chi connectivity index (χ2v) is 7.96. The van der Waals surface area contributed by atoms with Gasteiger partial charge in [0.2, 0.25) is 5.91 Å². The summed E-state index contributed by atoms with van der Waals surface area (Å²) in [5.41, 5.74) is 1.71. The van der Waals surface area contributed by atoms with Gasteiger partial charge in [0.1, 0.15) is 5.75 Å². The number of carbonyl (C=O) groups is 2. The van der Waals surface area contributed by atoms with Gasteiger partial charge in [-0.05, 0) is 49.2 Å². The van der Waals surface area contributed by atoms with Crippen LogP contribution < -0.4 is 19.5 Å². The maximum Gasteiger partial charge on any atom is 0.254 e. The first-order valence-corrected chi connectivity index (χ1v) is 11.1. The van der Waals surface area contributed by atoms with Gasteiger partial charge in [-0.2, -0.15) is 0 Å². The summed E-state index contributed by atoms with van der Waals surface area (Å²) in [6.07, 6.45) is 0.760. The predicted octanol–water partition coefficient (Wildman–Crippen LogP) is 2.22. The van der Waals surface area contributed by atoms with E-state index in [0.29, 0.717) is 49.8 Å². The molecule has 1 atom stereocenters. The zero-order valence-corrected chi connectivity index (χ0v) is 19.8. The molecular weight excluding hydrogens is 422 g/mol. The third kappa shape index (κ3) is 6.16. The number of nitrogens with one attached hydrogen (secondary N) is 1. The molecule has 3 rings (SSSR count). The van der Waals surface area contributed by atoms with Gasteiger partial charge in [-0.1, -0.05) is 12.1 Å². The molecular formula is C25H33N3O5. The molecule has 0 aromatic heterocycles. The number of rotatable bonds is 9. The van der Waals surface area contributed by atoms with Gasteiger partial charge in [-0.3, -0.25) is 14.5 Å². The molecule has 1 saturated heterocycles. The maximum absolute atomic E-state index is 12.9. The van der Waals surface area contributed by atoms with E-state index in [2.05, 4.69) is 10.2 Å². The van der Waals surface area contributed by atoms with E-state index in [1.54, 1.807) is 39.5 Å². The van der Waals surface area contributed by atoms with Crippen LogP contribution in [-0.2, 0) is 11.2 Å². The van der Waals surface area contributed by atoms with Crippen molar-refractivity contribution in [1.82, 2.24) is 15.1 Å². The molecule has 8 nitrogen and oxygen atoms in total. The molecule has 0 saturated carbocycles. The number of carbonyl (C=O) groups excluding carboxylic acids is 2. The van der Waals surface area contributed by atoms with Crippen molar-refractivity contribution in [2.75, 3.05) is 54.1 Å². The minimum absolute atomic E-state index is 0.00294. The van der Waals surface area contributed by atoms with Crippen LogP contribution >= 0.6 is 0 Å². The Balaban J connectivity index is 1.46. The molecule has 0 bridgehead atoms. The van der Waals surface area contributed by atoms with E-state index in [1.165, 1.54) is 0 Å². The summed E-state index contributed by atoms with van der Waals surface area (Å²) in [6, 6.07) is 12.8. The fraction of sp³-hybridized carbons (Fsp3) is 0.440. The Labute approximate surface area is 195 Å². The van der Waals surface area contributed by atoms with Crippen molar-refractivity contribution in [3.8, 4) is 17.2 Å². The van der Waals surface area contributed by atoms with Crippen molar-refractivity contribution in [3.05, 3.63) is 53.6 Å². The van der Waals surface area contributed by atoms with Crippen molar-refractivity contribution in [2.24, 2.45) is 0 Å². The highest BCUT2D eigenvalue weighted by molar-refractivity contribution is 5.95. The Kier molecular flexibility index (Phi) is 8.54. The second-order valence-electron chi connectivity index (χ2n) is 7.96. The summed E-state index contributed by atoms with van der Waals surface area (Å²) >= 11 is 0. The zero-order chi connectivity index (χ0) is 23.8. The summed E-state index contributed by atoms with van der Waals surface area (Å²) in [7, 11) is 4.76. The van der Waals surface area contributed by atoms with Crippen molar-refractivity contribution in [2.45, 2.75) is 19.4 Å². The summed E-state index contributed by atoms with van der Waals surface area (Å²) < 4.78 is 15.7. The Morgan fingerprint density at radius 2 is 1.58 bits per heavy atom. The van der Waals surface area contributed by atoms with Crippen LogP contribution in [0.2, 0.25) is 0 Å². The van der Waals surface area contributed by atoms with Crippen molar-refractivity contribution < 1.29 is 23.8 Å². The number of ether oxygens (including phenoxy) is 3. The standard InChI is InChI=1S/C25H33N3O5/c1-18(24(29)26-12-11-19-5-8-21(31-2)9-6-19)27-13-15-28(16-14-27)25(30)20-7-10-22(32-3)23(17-20)33-4/h5-10,17-18H,11-16H2,1-4H3,(H,26,29). The molecule has 8 heteroatoms. The quantitative estimate of drug-likeness (QED) is 0.625. The minimum Gasteiger partial charge on any atom is -0.497 e. The summed E-state index contributed by atoms with van der Waals surface area (Å²) in [4.78, 5) is 29.5. The fourth-order valence-electron chi connectivity index (χ4n) is 3.90. The number of amides is 2. The average molecular weight is 456 g/mol. The lowest BCUT2D eigenvalue weighted by molar-refractivity contribution is -0.126. The third-order valence-corrected chi connectivity index (χ3v) is 6.03. The molecule has 2 aromatic rings. The molecule has 0 spiro atoms. The topological polar surface area (TPSA) is 80.3 Å². The Bertz CT molecular complexity index is 940. The molecule has 1 heterocycles. The van der Waals surface area contributed by atoms with Crippen LogP contribution in [0.15, 0.2) is 42.5 Å². The molecule has 1 fully saturated rings. The van der Waals surface area contributed by atoms with E-state index >= 15 is 0 Å². The fourth-order valence-corrected chi connectivity index (χ4v) is 3.90. The van der Waals surface area contributed by atoms with Gasteiger partial charge >= 0.3 is 0 Å². The summed E-state index contributed by atoms with van der Waals surface area (Å²) in [5, 5.41) is 3.02. The SMILES string of the molecule is COc1ccc(CCNC(=O)C(C)N2CCN(C(=O)c3ccc(OC)c(OC)c3)CC2)cc1. The molecule has 1 N–H and O–H groups in total. The molecule has 2 amide bonds. The van der Waals surface area contributed by atoms with Crippen LogP contribution in [0, 0.1) is 0 Å². The van der Waals surface area contributed by atoms with Crippen molar-refractivity contribution in [3.63, 3.8) is 0 Å². The van der Waals surface area contributed by atoms with Crippen LogP contribution in [0.1, 0.15) is 22.8 Å². The normalized spacial score (nSPS) is 15.0. The highest BCUT2D eigenvalue weighted by atomic mass is 16.5. The van der Waals surface area contributed by atoms with Gasteiger partial charge in [-0.25, -0.2) is 0 Å². The van der Waals surface area contributed by atoms with Gasteiger partial charge in [0.15, 0.2) is 11.5 Å². The van der Waals surface area contributed by atoms with E-state index in [1.807, 2.05) is 36.1 Å². The van der Waals surface area contributed by atoms with Crippen LogP contribution in [0.3, 0.4) is 0 Å². The molecule has 2 aromatic carbocycles. The molecule has 0 radical (unpaired) electrons. The molecule has 178 valence electrons. The molecule has 1 unspecified atom stereocenters. The summed E-state index contributed by atoms with van der Waals surface area (Å²) in [6.45, 7) is 4.91. The lowest BCUT2D eigenvalue weighted by atomic mass is 10.1. The van der Waals surface area contributed by atoms with Gasteiger partial charge in [-0.15, -0.1) is 0 Å². The number of hydrogen-bond acceptors (Lipinski definition) is 6. The van der Waals surface area contributed by atoms with Crippen LogP contribution in [0.4, 0.5) is 0 Å². The summed E-state index contributed by atoms with van der Waals surface area (Å²) in [5.74, 6) is 1.89. The third-order valence-electron chi connectivity index (χ3n) is 6.03. The lowest BCUT2D eigenvalue weighted by Gasteiger charge is -2.37. The highest BCUT2D eigenvalue weighted by Crippen LogP contribution is 2.28. The number of methoxy groups -OCH3 is 3.